The molecule has 1 aliphatic rings. The van der Waals surface area contributed by atoms with E-state index in [1.54, 1.807) is 7.11 Å². The van der Waals surface area contributed by atoms with Crippen molar-refractivity contribution >= 4 is 17.7 Å². The van der Waals surface area contributed by atoms with E-state index >= 15 is 0 Å². The highest BCUT2D eigenvalue weighted by Crippen LogP contribution is 2.25. The molecular weight excluding hydrogens is 350 g/mol. The summed E-state index contributed by atoms with van der Waals surface area (Å²) in [5.74, 6) is 7.94. The molecule has 0 saturated carbocycles. The number of nitrogens with zero attached hydrogens (tertiary/aromatic N) is 4. The van der Waals surface area contributed by atoms with Crippen molar-refractivity contribution in [2.75, 3.05) is 25.3 Å². The number of carbonyl (C=O) groups is 1. The van der Waals surface area contributed by atoms with Crippen LogP contribution in [-0.4, -0.2) is 51.1 Å². The Hall–Kier alpha value is -2.22. The Labute approximate surface area is 157 Å². The summed E-state index contributed by atoms with van der Waals surface area (Å²) in [5, 5.41) is 8.84. The van der Waals surface area contributed by atoms with Crippen LogP contribution in [0.1, 0.15) is 32.6 Å². The summed E-state index contributed by atoms with van der Waals surface area (Å²) in [6, 6.07) is 7.82. The predicted molar refractivity (Wildman–Crippen MR) is 103 cm³/mol. The smallest absolute Gasteiger partial charge is 0.233 e. The third-order valence-corrected chi connectivity index (χ3v) is 5.68. The molecule has 1 aliphatic heterocycles. The van der Waals surface area contributed by atoms with Gasteiger partial charge < -0.3 is 15.5 Å². The van der Waals surface area contributed by atoms with E-state index in [1.165, 1.54) is 22.9 Å². The fourth-order valence-electron chi connectivity index (χ4n) is 3.27. The number of methoxy groups -OCH3 is 1. The Balaban J connectivity index is 1.65. The van der Waals surface area contributed by atoms with E-state index < -0.39 is 0 Å². The van der Waals surface area contributed by atoms with Gasteiger partial charge in [-0.1, -0.05) is 18.7 Å². The summed E-state index contributed by atoms with van der Waals surface area (Å²) < 4.78 is 6.60. The second-order valence-corrected chi connectivity index (χ2v) is 7.28. The molecule has 0 aliphatic carbocycles. The van der Waals surface area contributed by atoms with Crippen molar-refractivity contribution in [2.45, 2.75) is 43.8 Å². The molecule has 8 heteroatoms. The van der Waals surface area contributed by atoms with Gasteiger partial charge in [-0.15, -0.1) is 10.2 Å². The highest BCUT2D eigenvalue weighted by Gasteiger charge is 2.25. The van der Waals surface area contributed by atoms with Crippen LogP contribution in [0.15, 0.2) is 29.4 Å². The molecule has 2 N–H and O–H groups in total. The fraction of sp³-hybridized carbons (Fsp3) is 0.500. The molecule has 7 nitrogen and oxygen atoms in total. The summed E-state index contributed by atoms with van der Waals surface area (Å²) in [7, 11) is 1.62. The van der Waals surface area contributed by atoms with E-state index in [-0.39, 0.29) is 5.91 Å². The predicted octanol–water partition coefficient (Wildman–Crippen LogP) is 2.55. The lowest BCUT2D eigenvalue weighted by Crippen LogP contribution is -2.44. The number of piperidine rings is 1. The Morgan fingerprint density at radius 3 is 2.77 bits per heavy atom. The average molecular weight is 375 g/mol. The van der Waals surface area contributed by atoms with Crippen LogP contribution in [0.5, 0.6) is 5.75 Å². The molecule has 3 rings (SSSR count). The quantitative estimate of drug-likeness (QED) is 0.617. The number of carbonyl (C=O) groups excluding carboxylic acids is 1. The Morgan fingerprint density at radius 2 is 2.08 bits per heavy atom. The van der Waals surface area contributed by atoms with Gasteiger partial charge in [-0.3, -0.25) is 4.79 Å². The molecule has 26 heavy (non-hydrogen) atoms. The standard InChI is InChI=1S/C18H25N5O2S/c1-3-14-6-4-5-11-22(14)16(24)12-26-18-21-20-17(23(18)19)13-7-9-15(25-2)10-8-13/h7-10,14H,3-6,11-12,19H2,1-2H3/t14-/m1/s1. The minimum Gasteiger partial charge on any atom is -0.497 e. The highest BCUT2D eigenvalue weighted by atomic mass is 32.2. The summed E-state index contributed by atoms with van der Waals surface area (Å²) in [4.78, 5) is 14.6. The molecular formula is C18H25N5O2S. The van der Waals surface area contributed by atoms with Crippen LogP contribution < -0.4 is 10.6 Å². The van der Waals surface area contributed by atoms with Crippen molar-refractivity contribution in [3.63, 3.8) is 0 Å². The van der Waals surface area contributed by atoms with Crippen LogP contribution in [0.4, 0.5) is 0 Å². The Bertz CT molecular complexity index is 747. The zero-order chi connectivity index (χ0) is 18.5. The minimum atomic E-state index is 0.149. The maximum Gasteiger partial charge on any atom is 0.233 e. The second kappa shape index (κ2) is 8.44. The van der Waals surface area contributed by atoms with Gasteiger partial charge in [-0.2, -0.15) is 0 Å². The lowest BCUT2D eigenvalue weighted by Gasteiger charge is -2.35. The molecule has 2 aromatic rings. The van der Waals surface area contributed by atoms with Crippen molar-refractivity contribution in [1.82, 2.24) is 19.8 Å². The Kier molecular flexibility index (Phi) is 6.03. The number of hydrogen-bond donors (Lipinski definition) is 1. The molecule has 1 aromatic carbocycles. The largest absolute Gasteiger partial charge is 0.497 e. The number of thioether (sulfide) groups is 1. The normalized spacial score (nSPS) is 17.3. The minimum absolute atomic E-state index is 0.149. The summed E-state index contributed by atoms with van der Waals surface area (Å²) in [6.07, 6.45) is 4.39. The molecule has 140 valence electrons. The number of ether oxygens (including phenoxy) is 1. The zero-order valence-electron chi connectivity index (χ0n) is 15.2. The van der Waals surface area contributed by atoms with Crippen LogP contribution in [0.25, 0.3) is 11.4 Å². The first-order chi connectivity index (χ1) is 12.6. The molecule has 0 unspecified atom stereocenters. The van der Waals surface area contributed by atoms with Crippen LogP contribution >= 0.6 is 11.8 Å². The lowest BCUT2D eigenvalue weighted by atomic mass is 10.0. The fourth-order valence-corrected chi connectivity index (χ4v) is 4.02. The summed E-state index contributed by atoms with van der Waals surface area (Å²) >= 11 is 1.33. The lowest BCUT2D eigenvalue weighted by molar-refractivity contribution is -0.132. The van der Waals surface area contributed by atoms with E-state index in [0.29, 0.717) is 22.8 Å². The maximum atomic E-state index is 12.6. The third-order valence-electron chi connectivity index (χ3n) is 4.76. The monoisotopic (exact) mass is 375 g/mol. The third kappa shape index (κ3) is 3.95. The first-order valence-electron chi connectivity index (χ1n) is 8.91. The van der Waals surface area contributed by atoms with E-state index in [1.807, 2.05) is 29.2 Å². The van der Waals surface area contributed by atoms with Crippen LogP contribution in [-0.2, 0) is 4.79 Å². The number of nitrogen functional groups attached to an aromatic ring is 1. The van der Waals surface area contributed by atoms with Gasteiger partial charge in [-0.05, 0) is 49.9 Å². The van der Waals surface area contributed by atoms with Crippen molar-refractivity contribution in [3.8, 4) is 17.1 Å². The average Bonchev–Trinajstić information content (AvgIpc) is 3.06. The SMILES string of the molecule is CC[C@@H]1CCCCN1C(=O)CSc1nnc(-c2ccc(OC)cc2)n1N. The zero-order valence-corrected chi connectivity index (χ0v) is 16.0. The van der Waals surface area contributed by atoms with Gasteiger partial charge in [0.05, 0.1) is 12.9 Å². The van der Waals surface area contributed by atoms with Gasteiger partial charge in [0.2, 0.25) is 11.1 Å². The van der Waals surface area contributed by atoms with E-state index in [9.17, 15) is 4.79 Å². The number of rotatable bonds is 6. The van der Waals surface area contributed by atoms with E-state index in [2.05, 4.69) is 17.1 Å². The maximum absolute atomic E-state index is 12.6. The van der Waals surface area contributed by atoms with Crippen molar-refractivity contribution in [1.29, 1.82) is 0 Å². The molecule has 1 amide bonds. The second-order valence-electron chi connectivity index (χ2n) is 6.34. The molecule has 0 spiro atoms. The molecule has 1 atom stereocenters. The molecule has 0 bridgehead atoms. The van der Waals surface area contributed by atoms with E-state index in [0.717, 1.165) is 37.1 Å². The number of aromatic nitrogens is 3. The number of likely N-dealkylation sites (tertiary alicyclic amines) is 1. The Morgan fingerprint density at radius 1 is 1.31 bits per heavy atom. The van der Waals surface area contributed by atoms with Gasteiger partial charge >= 0.3 is 0 Å². The molecule has 2 heterocycles. The van der Waals surface area contributed by atoms with Gasteiger partial charge in [-0.25, -0.2) is 4.68 Å². The molecule has 1 fully saturated rings. The van der Waals surface area contributed by atoms with Gasteiger partial charge in [0.15, 0.2) is 5.82 Å². The molecule has 1 saturated heterocycles. The molecule has 0 radical (unpaired) electrons. The van der Waals surface area contributed by atoms with Gasteiger partial charge in [0.25, 0.3) is 0 Å². The topological polar surface area (TPSA) is 86.3 Å². The molecule has 1 aromatic heterocycles. The van der Waals surface area contributed by atoms with Crippen molar-refractivity contribution < 1.29 is 9.53 Å². The number of hydrogen-bond acceptors (Lipinski definition) is 6. The highest BCUT2D eigenvalue weighted by molar-refractivity contribution is 7.99. The summed E-state index contributed by atoms with van der Waals surface area (Å²) in [5.41, 5.74) is 0.848. The van der Waals surface area contributed by atoms with Gasteiger partial charge in [0.1, 0.15) is 5.75 Å². The first kappa shape index (κ1) is 18.6. The van der Waals surface area contributed by atoms with Crippen LogP contribution in [0, 0.1) is 0 Å². The van der Waals surface area contributed by atoms with Crippen molar-refractivity contribution in [2.24, 2.45) is 0 Å². The number of nitrogens with two attached hydrogens (primary N) is 1. The van der Waals surface area contributed by atoms with Gasteiger partial charge in [0, 0.05) is 18.2 Å². The summed E-state index contributed by atoms with van der Waals surface area (Å²) in [6.45, 7) is 2.99. The number of amides is 1. The van der Waals surface area contributed by atoms with Crippen LogP contribution in [0.3, 0.4) is 0 Å². The van der Waals surface area contributed by atoms with Crippen LogP contribution in [0.2, 0.25) is 0 Å². The number of benzene rings is 1. The van der Waals surface area contributed by atoms with E-state index in [4.69, 9.17) is 10.6 Å². The first-order valence-corrected chi connectivity index (χ1v) is 9.89. The van der Waals surface area contributed by atoms with Crippen molar-refractivity contribution in [3.05, 3.63) is 24.3 Å².